The third-order valence-corrected chi connectivity index (χ3v) is 7.62. The molecule has 2 unspecified atom stereocenters. The molecule has 1 aromatic heterocycles. The first-order valence-corrected chi connectivity index (χ1v) is 9.20. The van der Waals surface area contributed by atoms with E-state index >= 15 is 0 Å². The van der Waals surface area contributed by atoms with Gasteiger partial charge in [0.05, 0.1) is 4.92 Å². The highest BCUT2D eigenvalue weighted by atomic mass is 35.5. The number of nitrogens with zero attached hydrogens (tertiary/aromatic N) is 2. The number of nitro groups is 1. The quantitative estimate of drug-likeness (QED) is 0.660. The molecule has 2 atom stereocenters. The second-order valence-electron chi connectivity index (χ2n) is 5.27. The van der Waals surface area contributed by atoms with E-state index in [0.29, 0.717) is 19.0 Å². The summed E-state index contributed by atoms with van der Waals surface area (Å²) in [4.78, 5) is 10.1. The summed E-state index contributed by atoms with van der Waals surface area (Å²) in [7, 11) is -3.71. The molecule has 0 aromatic carbocycles. The normalized spacial score (nSPS) is 26.7. The van der Waals surface area contributed by atoms with Crippen LogP contribution in [0.15, 0.2) is 10.3 Å². The number of hydrogen-bond acceptors (Lipinski definition) is 6. The molecule has 10 heteroatoms. The molecule has 2 fully saturated rings. The third-order valence-electron chi connectivity index (χ3n) is 4.00. The minimum absolute atomic E-state index is 0.0575. The molecule has 0 bridgehead atoms. The average Bonchev–Trinajstić information content (AvgIpc) is 3.02. The Hall–Kier alpha value is -0.740. The van der Waals surface area contributed by atoms with Gasteiger partial charge in [0.2, 0.25) is 0 Å². The van der Waals surface area contributed by atoms with Crippen molar-refractivity contribution in [2.75, 3.05) is 19.6 Å². The molecular weight excluding hydrogens is 338 g/mol. The van der Waals surface area contributed by atoms with Gasteiger partial charge in [-0.1, -0.05) is 11.6 Å². The molecular formula is C11H14ClN3O4S2. The Kier molecular flexibility index (Phi) is 3.95. The fourth-order valence-electron chi connectivity index (χ4n) is 2.92. The molecule has 3 rings (SSSR count). The van der Waals surface area contributed by atoms with E-state index in [1.807, 2.05) is 0 Å². The van der Waals surface area contributed by atoms with Crippen LogP contribution in [0.5, 0.6) is 0 Å². The van der Waals surface area contributed by atoms with Gasteiger partial charge in [-0.25, -0.2) is 8.42 Å². The zero-order chi connectivity index (χ0) is 15.2. The van der Waals surface area contributed by atoms with Crippen LogP contribution < -0.4 is 5.32 Å². The van der Waals surface area contributed by atoms with E-state index in [-0.39, 0.29) is 20.3 Å². The van der Waals surface area contributed by atoms with Gasteiger partial charge in [0.1, 0.15) is 4.21 Å². The summed E-state index contributed by atoms with van der Waals surface area (Å²) in [6.07, 6.45) is 2.06. The summed E-state index contributed by atoms with van der Waals surface area (Å²) in [5, 5.41) is 14.1. The fraction of sp³-hybridized carbons (Fsp3) is 0.636. The first kappa shape index (κ1) is 15.2. The molecule has 0 saturated carbocycles. The lowest BCUT2D eigenvalue weighted by molar-refractivity contribution is -0.384. The molecule has 1 N–H and O–H groups in total. The van der Waals surface area contributed by atoms with E-state index in [1.165, 1.54) is 4.31 Å². The van der Waals surface area contributed by atoms with Crippen LogP contribution in [-0.2, 0) is 10.0 Å². The zero-order valence-electron chi connectivity index (χ0n) is 11.0. The van der Waals surface area contributed by atoms with E-state index in [9.17, 15) is 18.5 Å². The van der Waals surface area contributed by atoms with Crippen LogP contribution in [0.3, 0.4) is 0 Å². The highest BCUT2D eigenvalue weighted by Crippen LogP contribution is 2.39. The molecule has 2 aliphatic heterocycles. The van der Waals surface area contributed by atoms with E-state index in [1.54, 1.807) is 0 Å². The molecule has 0 amide bonds. The maximum absolute atomic E-state index is 12.6. The Morgan fingerprint density at radius 1 is 1.48 bits per heavy atom. The highest BCUT2D eigenvalue weighted by molar-refractivity contribution is 7.91. The molecule has 1 aromatic rings. The maximum atomic E-state index is 12.6. The third kappa shape index (κ3) is 2.68. The van der Waals surface area contributed by atoms with Crippen molar-refractivity contribution < 1.29 is 13.3 Å². The lowest BCUT2D eigenvalue weighted by Gasteiger charge is -2.24. The first-order valence-electron chi connectivity index (χ1n) is 6.57. The van der Waals surface area contributed by atoms with Crippen LogP contribution in [0, 0.1) is 16.0 Å². The van der Waals surface area contributed by atoms with Crippen LogP contribution in [0.25, 0.3) is 0 Å². The van der Waals surface area contributed by atoms with Crippen LogP contribution >= 0.6 is 22.9 Å². The Morgan fingerprint density at radius 3 is 2.86 bits per heavy atom. The Bertz CT molecular complexity index is 661. The number of piperidine rings is 1. The van der Waals surface area contributed by atoms with Gasteiger partial charge in [-0.2, -0.15) is 4.31 Å². The van der Waals surface area contributed by atoms with Gasteiger partial charge in [-0.05, 0) is 25.3 Å². The van der Waals surface area contributed by atoms with E-state index < -0.39 is 14.9 Å². The standard InChI is InChI=1S/C11H14ClN3O4S2/c12-11-9(15(16)17)4-10(20-11)21(18,19)14-5-7-2-1-3-13-8(7)6-14/h4,7-8,13H,1-3,5-6H2. The van der Waals surface area contributed by atoms with Crippen molar-refractivity contribution in [3.05, 3.63) is 20.5 Å². The van der Waals surface area contributed by atoms with Crippen molar-refractivity contribution in [3.8, 4) is 0 Å². The summed E-state index contributed by atoms with van der Waals surface area (Å²) in [5.74, 6) is 0.318. The second-order valence-corrected chi connectivity index (χ2v) is 9.09. The summed E-state index contributed by atoms with van der Waals surface area (Å²) >= 11 is 6.50. The minimum Gasteiger partial charge on any atom is -0.312 e. The molecule has 0 spiro atoms. The van der Waals surface area contributed by atoms with E-state index in [4.69, 9.17) is 11.6 Å². The van der Waals surface area contributed by atoms with Crippen LogP contribution in [0.1, 0.15) is 12.8 Å². The number of rotatable bonds is 3. The monoisotopic (exact) mass is 351 g/mol. The highest BCUT2D eigenvalue weighted by Gasteiger charge is 2.41. The number of nitrogens with one attached hydrogen (secondary N) is 1. The van der Waals surface area contributed by atoms with Gasteiger partial charge in [0, 0.05) is 25.2 Å². The lowest BCUT2D eigenvalue weighted by Crippen LogP contribution is -2.41. The van der Waals surface area contributed by atoms with Crippen molar-refractivity contribution in [3.63, 3.8) is 0 Å². The van der Waals surface area contributed by atoms with E-state index in [0.717, 1.165) is 36.8 Å². The van der Waals surface area contributed by atoms with Gasteiger partial charge < -0.3 is 5.32 Å². The van der Waals surface area contributed by atoms with Crippen molar-refractivity contribution in [2.24, 2.45) is 5.92 Å². The predicted octanol–water partition coefficient (Wildman–Crippen LogP) is 1.68. The molecule has 0 aliphatic carbocycles. The Balaban J connectivity index is 1.87. The van der Waals surface area contributed by atoms with Crippen molar-refractivity contribution in [2.45, 2.75) is 23.1 Å². The SMILES string of the molecule is O=[N+]([O-])c1cc(S(=O)(=O)N2CC3CCCNC3C2)sc1Cl. The van der Waals surface area contributed by atoms with E-state index in [2.05, 4.69) is 5.32 Å². The first-order chi connectivity index (χ1) is 9.89. The number of halogens is 1. The predicted molar refractivity (Wildman–Crippen MR) is 79.3 cm³/mol. The topological polar surface area (TPSA) is 92.5 Å². The Labute approximate surface area is 131 Å². The molecule has 21 heavy (non-hydrogen) atoms. The van der Waals surface area contributed by atoms with Gasteiger partial charge >= 0.3 is 0 Å². The fourth-order valence-corrected chi connectivity index (χ4v) is 6.26. The zero-order valence-corrected chi connectivity index (χ0v) is 13.4. The molecule has 2 saturated heterocycles. The number of thiophene rings is 1. The number of hydrogen-bond donors (Lipinski definition) is 1. The lowest BCUT2D eigenvalue weighted by atomic mass is 9.94. The molecule has 2 aliphatic rings. The van der Waals surface area contributed by atoms with Crippen LogP contribution in [0.4, 0.5) is 5.69 Å². The molecule has 7 nitrogen and oxygen atoms in total. The van der Waals surface area contributed by atoms with Crippen LogP contribution in [0.2, 0.25) is 4.34 Å². The number of fused-ring (bicyclic) bond motifs is 1. The summed E-state index contributed by atoms with van der Waals surface area (Å²) < 4.78 is 26.4. The largest absolute Gasteiger partial charge is 0.312 e. The summed E-state index contributed by atoms with van der Waals surface area (Å²) in [6, 6.07) is 1.23. The second kappa shape index (κ2) is 5.47. The Morgan fingerprint density at radius 2 is 2.24 bits per heavy atom. The maximum Gasteiger partial charge on any atom is 0.300 e. The van der Waals surface area contributed by atoms with Gasteiger partial charge in [0.15, 0.2) is 4.34 Å². The molecule has 0 radical (unpaired) electrons. The smallest absolute Gasteiger partial charge is 0.300 e. The minimum atomic E-state index is -3.71. The molecule has 3 heterocycles. The van der Waals surface area contributed by atoms with Crippen molar-refractivity contribution in [1.29, 1.82) is 0 Å². The summed E-state index contributed by atoms with van der Waals surface area (Å²) in [5.41, 5.74) is -0.352. The molecule has 116 valence electrons. The van der Waals surface area contributed by atoms with Gasteiger partial charge in [-0.15, -0.1) is 11.3 Å². The van der Waals surface area contributed by atoms with Gasteiger partial charge in [0.25, 0.3) is 15.7 Å². The van der Waals surface area contributed by atoms with Crippen LogP contribution in [-0.4, -0.2) is 43.3 Å². The number of sulfonamides is 1. The van der Waals surface area contributed by atoms with Gasteiger partial charge in [-0.3, -0.25) is 10.1 Å². The van der Waals surface area contributed by atoms with Crippen molar-refractivity contribution >= 4 is 38.6 Å². The average molecular weight is 352 g/mol. The van der Waals surface area contributed by atoms with Crippen molar-refractivity contribution in [1.82, 2.24) is 9.62 Å². The summed E-state index contributed by atoms with van der Waals surface area (Å²) in [6.45, 7) is 1.78.